The average molecular weight is 649 g/mol. The molecule has 1 aliphatic heterocycles. The molecule has 0 spiro atoms. The Morgan fingerprint density at radius 3 is 1.09 bits per heavy atom. The van der Waals surface area contributed by atoms with E-state index in [1.165, 1.54) is 141 Å². The van der Waals surface area contributed by atoms with Crippen LogP contribution in [0.4, 0.5) is 0 Å². The topological polar surface area (TPSA) is 15.7 Å². The number of rotatable bonds is 9. The summed E-state index contributed by atoms with van der Waals surface area (Å²) in [6.45, 7) is 2.44. The van der Waals surface area contributed by atoms with Gasteiger partial charge in [-0.2, -0.15) is 0 Å². The van der Waals surface area contributed by atoms with E-state index in [2.05, 4.69) is 69.2 Å². The van der Waals surface area contributed by atoms with Crippen LogP contribution in [0.3, 0.4) is 0 Å². The lowest BCUT2D eigenvalue weighted by molar-refractivity contribution is -0.140. The third kappa shape index (κ3) is 10.2. The van der Waals surface area contributed by atoms with Crippen molar-refractivity contribution in [2.75, 3.05) is 28.2 Å². The summed E-state index contributed by atoms with van der Waals surface area (Å²) in [7, 11) is 9.16. The molecule has 47 heavy (non-hydrogen) atoms. The predicted molar refractivity (Wildman–Crippen MR) is 201 cm³/mol. The van der Waals surface area contributed by atoms with Crippen molar-refractivity contribution in [2.45, 2.75) is 172 Å². The highest BCUT2D eigenvalue weighted by atomic mass is 16.5. The summed E-state index contributed by atoms with van der Waals surface area (Å²) in [6, 6.07) is 1.60. The lowest BCUT2D eigenvalue weighted by Crippen LogP contribution is -2.46. The van der Waals surface area contributed by atoms with E-state index in [9.17, 15) is 0 Å². The molecule has 0 amide bonds. The van der Waals surface area contributed by atoms with Crippen LogP contribution in [-0.4, -0.2) is 62.3 Å². The summed E-state index contributed by atoms with van der Waals surface area (Å²) in [4.78, 5) is 4.96. The fraction of sp³-hybridized carbons (Fsp3) is 0.909. The van der Waals surface area contributed by atoms with Crippen LogP contribution < -0.4 is 0 Å². The van der Waals surface area contributed by atoms with Crippen LogP contribution in [-0.2, 0) is 4.74 Å². The second kappa shape index (κ2) is 17.5. The molecule has 0 aromatic rings. The van der Waals surface area contributed by atoms with Gasteiger partial charge >= 0.3 is 0 Å². The maximum Gasteiger partial charge on any atom is 0.0610 e. The van der Waals surface area contributed by atoms with Crippen molar-refractivity contribution in [1.29, 1.82) is 0 Å². The highest BCUT2D eigenvalue weighted by Gasteiger charge is 2.42. The number of hydrogen-bond donors (Lipinski definition) is 0. The first-order valence-corrected chi connectivity index (χ1v) is 21.2. The molecule has 3 heteroatoms. The Balaban J connectivity index is 0.970. The molecule has 3 nitrogen and oxygen atoms in total. The van der Waals surface area contributed by atoms with Crippen LogP contribution in [0.2, 0.25) is 0 Å². The van der Waals surface area contributed by atoms with E-state index in [4.69, 9.17) is 4.74 Å². The van der Waals surface area contributed by atoms with Gasteiger partial charge in [-0.3, -0.25) is 0 Å². The second-order valence-electron chi connectivity index (χ2n) is 18.6. The first-order chi connectivity index (χ1) is 22.8. The third-order valence-corrected chi connectivity index (χ3v) is 15.1. The average Bonchev–Trinajstić information content (AvgIpc) is 3.11. The molecule has 6 rings (SSSR count). The molecular formula is C44H76N2O. The van der Waals surface area contributed by atoms with Gasteiger partial charge in [-0.25, -0.2) is 0 Å². The van der Waals surface area contributed by atoms with Gasteiger partial charge in [0.15, 0.2) is 0 Å². The fourth-order valence-electron chi connectivity index (χ4n) is 11.4. The fourth-order valence-corrected chi connectivity index (χ4v) is 11.4. The molecule has 5 saturated carbocycles. The summed E-state index contributed by atoms with van der Waals surface area (Å²) in [5.41, 5.74) is 0. The van der Waals surface area contributed by atoms with Gasteiger partial charge in [0.25, 0.3) is 0 Å². The number of allylic oxidation sites excluding steroid dienone is 4. The summed E-state index contributed by atoms with van der Waals surface area (Å²) in [5.74, 6) is 7.79. The largest absolute Gasteiger partial charge is 0.374 e. The molecule has 0 aromatic heterocycles. The predicted octanol–water partition coefficient (Wildman–Crippen LogP) is 10.9. The molecular weight excluding hydrogens is 572 g/mol. The summed E-state index contributed by atoms with van der Waals surface area (Å²) >= 11 is 0. The van der Waals surface area contributed by atoms with Gasteiger partial charge < -0.3 is 14.5 Å². The van der Waals surface area contributed by atoms with Gasteiger partial charge in [0.1, 0.15) is 0 Å². The minimum absolute atomic E-state index is 0.530. The van der Waals surface area contributed by atoms with Crippen molar-refractivity contribution in [2.24, 2.45) is 53.3 Å². The Bertz CT molecular complexity index is 911. The zero-order valence-electron chi connectivity index (χ0n) is 31.7. The highest BCUT2D eigenvalue weighted by Crippen LogP contribution is 2.47. The van der Waals surface area contributed by atoms with Crippen LogP contribution in [0.5, 0.6) is 0 Å². The van der Waals surface area contributed by atoms with E-state index in [1.54, 1.807) is 0 Å². The molecule has 1 heterocycles. The Morgan fingerprint density at radius 2 is 0.702 bits per heavy atom. The van der Waals surface area contributed by atoms with E-state index < -0.39 is 0 Å². The maximum absolute atomic E-state index is 7.26. The first-order valence-electron chi connectivity index (χ1n) is 21.2. The lowest BCUT2D eigenvalue weighted by atomic mass is 9.68. The summed E-state index contributed by atoms with van der Waals surface area (Å²) < 4.78 is 7.26. The van der Waals surface area contributed by atoms with Crippen molar-refractivity contribution in [3.05, 3.63) is 24.3 Å². The van der Waals surface area contributed by atoms with Gasteiger partial charge in [-0.15, -0.1) is 0 Å². The quantitative estimate of drug-likeness (QED) is 0.231. The molecule has 0 bridgehead atoms. The van der Waals surface area contributed by atoms with Crippen LogP contribution >= 0.6 is 0 Å². The van der Waals surface area contributed by atoms with Crippen molar-refractivity contribution < 1.29 is 4.74 Å². The molecule has 268 valence electrons. The smallest absolute Gasteiger partial charge is 0.0610 e. The van der Waals surface area contributed by atoms with E-state index in [0.717, 1.165) is 65.3 Å². The zero-order chi connectivity index (χ0) is 32.8. The van der Waals surface area contributed by atoms with Crippen molar-refractivity contribution in [1.82, 2.24) is 9.80 Å². The van der Waals surface area contributed by atoms with Gasteiger partial charge in [0, 0.05) is 12.1 Å². The molecule has 0 aromatic carbocycles. The van der Waals surface area contributed by atoms with Gasteiger partial charge in [-0.05, 0) is 210 Å². The Hall–Kier alpha value is -0.640. The second-order valence-corrected chi connectivity index (χ2v) is 18.6. The van der Waals surface area contributed by atoms with E-state index >= 15 is 0 Å². The monoisotopic (exact) mass is 649 g/mol. The number of hydrogen-bond acceptors (Lipinski definition) is 3. The van der Waals surface area contributed by atoms with Crippen LogP contribution in [0.25, 0.3) is 0 Å². The Morgan fingerprint density at radius 1 is 0.383 bits per heavy atom. The summed E-state index contributed by atoms with van der Waals surface area (Å²) in [5, 5.41) is 0. The van der Waals surface area contributed by atoms with Gasteiger partial charge in [-0.1, -0.05) is 44.1 Å². The van der Waals surface area contributed by atoms with Gasteiger partial charge in [0.05, 0.1) is 12.2 Å². The SMILES string of the molecule is CC1CCC(/C=C/C2CCC(/C=C/C3CCC(C4CC(C5CCC(N(C)C)CC5)CC(C5CCC(N(C)C)CC5)O4)CC3)CC2)CC1. The molecule has 0 N–H and O–H groups in total. The molecule has 3 unspecified atom stereocenters. The molecule has 1 saturated heterocycles. The van der Waals surface area contributed by atoms with E-state index in [0.29, 0.717) is 12.2 Å². The van der Waals surface area contributed by atoms with Gasteiger partial charge in [0.2, 0.25) is 0 Å². The Kier molecular flexibility index (Phi) is 13.5. The minimum Gasteiger partial charge on any atom is -0.374 e. The van der Waals surface area contributed by atoms with E-state index in [1.807, 2.05) is 0 Å². The molecule has 3 atom stereocenters. The van der Waals surface area contributed by atoms with Crippen LogP contribution in [0, 0.1) is 53.3 Å². The summed E-state index contributed by atoms with van der Waals surface area (Å²) in [6.07, 6.45) is 42.6. The van der Waals surface area contributed by atoms with Crippen molar-refractivity contribution >= 4 is 0 Å². The third-order valence-electron chi connectivity index (χ3n) is 15.1. The van der Waals surface area contributed by atoms with Crippen molar-refractivity contribution in [3.63, 3.8) is 0 Å². The maximum atomic E-state index is 7.26. The Labute approximate surface area is 292 Å². The minimum atomic E-state index is 0.530. The van der Waals surface area contributed by atoms with Crippen LogP contribution in [0.1, 0.15) is 148 Å². The normalized spacial score (nSPS) is 44.4. The van der Waals surface area contributed by atoms with Crippen LogP contribution in [0.15, 0.2) is 24.3 Å². The molecule has 6 fully saturated rings. The molecule has 5 aliphatic carbocycles. The lowest BCUT2D eigenvalue weighted by Gasteiger charge is -2.48. The van der Waals surface area contributed by atoms with Crippen molar-refractivity contribution in [3.8, 4) is 0 Å². The first kappa shape index (κ1) is 36.2. The molecule has 0 radical (unpaired) electrons. The number of nitrogens with zero attached hydrogens (tertiary/aromatic N) is 2. The number of ether oxygens (including phenoxy) is 1. The standard InChI is InChI=1S/C44H76N2O/c1-32-6-8-33(9-7-32)10-11-34-12-14-35(15-13-34)16-17-36-18-20-38(21-19-36)43-30-40(37-22-26-41(27-23-37)45(2)3)31-44(47-43)39-24-28-42(29-25-39)46(4)5/h10-11,16-17,32-44H,6-9,12-15,18-31H2,1-5H3/b11-10+,17-16+. The highest BCUT2D eigenvalue weighted by molar-refractivity contribution is 5.01. The van der Waals surface area contributed by atoms with E-state index in [-0.39, 0.29) is 0 Å². The zero-order valence-corrected chi connectivity index (χ0v) is 31.7. The molecule has 6 aliphatic rings.